The van der Waals surface area contributed by atoms with Crippen molar-refractivity contribution in [3.8, 4) is 0 Å². The molecule has 1 heterocycles. The van der Waals surface area contributed by atoms with Crippen molar-refractivity contribution in [1.82, 2.24) is 5.32 Å². The van der Waals surface area contributed by atoms with Gasteiger partial charge in [0.1, 0.15) is 0 Å². The first-order valence-corrected chi connectivity index (χ1v) is 8.65. The molecule has 20 heavy (non-hydrogen) atoms. The molecule has 1 aliphatic heterocycles. The van der Waals surface area contributed by atoms with Crippen LogP contribution in [-0.4, -0.2) is 13.1 Å². The molecule has 2 saturated carbocycles. The second kappa shape index (κ2) is 5.18. The maximum absolute atomic E-state index is 3.47. The van der Waals surface area contributed by atoms with Crippen LogP contribution >= 0.6 is 0 Å². The van der Waals surface area contributed by atoms with Crippen molar-refractivity contribution in [3.63, 3.8) is 0 Å². The van der Waals surface area contributed by atoms with Gasteiger partial charge in [0.15, 0.2) is 0 Å². The number of rotatable bonds is 2. The molecule has 1 heteroatoms. The van der Waals surface area contributed by atoms with Crippen molar-refractivity contribution < 1.29 is 0 Å². The van der Waals surface area contributed by atoms with E-state index in [1.807, 2.05) is 0 Å². The van der Waals surface area contributed by atoms with Crippen LogP contribution in [0, 0.1) is 5.41 Å². The summed E-state index contributed by atoms with van der Waals surface area (Å²) in [5.41, 5.74) is 3.88. The Hall–Kier alpha value is -0.820. The molecule has 3 aliphatic rings. The average Bonchev–Trinajstić information content (AvgIpc) is 2.94. The van der Waals surface area contributed by atoms with Gasteiger partial charge in [-0.3, -0.25) is 0 Å². The van der Waals surface area contributed by atoms with Crippen molar-refractivity contribution >= 4 is 0 Å². The van der Waals surface area contributed by atoms with Crippen LogP contribution in [0.25, 0.3) is 0 Å². The van der Waals surface area contributed by atoms with E-state index in [9.17, 15) is 0 Å². The summed E-state index contributed by atoms with van der Waals surface area (Å²) in [5.74, 6) is 1.68. The van der Waals surface area contributed by atoms with Gasteiger partial charge in [0, 0.05) is 13.1 Å². The first-order valence-electron chi connectivity index (χ1n) is 8.65. The molecule has 108 valence electrons. The minimum atomic E-state index is 0.673. The lowest BCUT2D eigenvalue weighted by Crippen LogP contribution is -2.51. The molecule has 1 saturated heterocycles. The highest BCUT2D eigenvalue weighted by molar-refractivity contribution is 5.29. The van der Waals surface area contributed by atoms with E-state index in [1.54, 1.807) is 11.1 Å². The molecular weight excluding hydrogens is 242 g/mol. The number of hydrogen-bond donors (Lipinski definition) is 1. The van der Waals surface area contributed by atoms with Crippen LogP contribution in [-0.2, 0) is 0 Å². The second-order valence-electron chi connectivity index (χ2n) is 7.54. The van der Waals surface area contributed by atoms with E-state index in [2.05, 4.69) is 29.6 Å². The first-order chi connectivity index (χ1) is 9.85. The van der Waals surface area contributed by atoms with Gasteiger partial charge in [0.2, 0.25) is 0 Å². The molecule has 0 amide bonds. The summed E-state index contributed by atoms with van der Waals surface area (Å²) in [4.78, 5) is 0. The van der Waals surface area contributed by atoms with E-state index in [0.29, 0.717) is 5.41 Å². The highest BCUT2D eigenvalue weighted by Gasteiger charge is 2.43. The fourth-order valence-corrected chi connectivity index (χ4v) is 4.77. The van der Waals surface area contributed by atoms with Gasteiger partial charge in [-0.15, -0.1) is 0 Å². The highest BCUT2D eigenvalue weighted by Crippen LogP contribution is 2.48. The SMILES string of the molecule is c1cc(C2CCC3(CNC3)C2)ccc1C1CCCCC1. The van der Waals surface area contributed by atoms with Gasteiger partial charge in [-0.2, -0.15) is 0 Å². The lowest BCUT2D eigenvalue weighted by molar-refractivity contribution is 0.175. The maximum Gasteiger partial charge on any atom is 0.00204 e. The summed E-state index contributed by atoms with van der Waals surface area (Å²) in [7, 11) is 0. The Bertz CT molecular complexity index is 451. The largest absolute Gasteiger partial charge is 0.316 e. The molecule has 1 spiro atoms. The molecule has 4 rings (SSSR count). The number of nitrogens with one attached hydrogen (secondary N) is 1. The molecule has 2 aliphatic carbocycles. The van der Waals surface area contributed by atoms with E-state index in [-0.39, 0.29) is 0 Å². The monoisotopic (exact) mass is 269 g/mol. The molecule has 1 aromatic carbocycles. The first kappa shape index (κ1) is 12.9. The van der Waals surface area contributed by atoms with Crippen molar-refractivity contribution in [1.29, 1.82) is 0 Å². The predicted octanol–water partition coefficient (Wildman–Crippen LogP) is 4.59. The Kier molecular flexibility index (Phi) is 3.34. The van der Waals surface area contributed by atoms with Gasteiger partial charge in [-0.05, 0) is 60.5 Å². The van der Waals surface area contributed by atoms with Crippen LogP contribution in [0.1, 0.15) is 74.3 Å². The van der Waals surface area contributed by atoms with Gasteiger partial charge >= 0.3 is 0 Å². The van der Waals surface area contributed by atoms with Crippen LogP contribution in [0.2, 0.25) is 0 Å². The van der Waals surface area contributed by atoms with Crippen molar-refractivity contribution in [3.05, 3.63) is 35.4 Å². The molecule has 0 bridgehead atoms. The Balaban J connectivity index is 1.44. The molecular formula is C19H27N. The molecule has 1 unspecified atom stereocenters. The minimum Gasteiger partial charge on any atom is -0.316 e. The van der Waals surface area contributed by atoms with Gasteiger partial charge in [0.25, 0.3) is 0 Å². The van der Waals surface area contributed by atoms with Crippen molar-refractivity contribution in [2.24, 2.45) is 5.41 Å². The molecule has 1 N–H and O–H groups in total. The van der Waals surface area contributed by atoms with Crippen LogP contribution in [0.4, 0.5) is 0 Å². The third-order valence-electron chi connectivity index (χ3n) is 6.19. The fraction of sp³-hybridized carbons (Fsp3) is 0.684. The standard InChI is InChI=1S/C19H27N/c1-2-4-15(5-3-1)16-6-8-17(9-7-16)18-10-11-19(12-18)13-20-14-19/h6-9,15,18,20H,1-5,10-14H2. The molecule has 1 aromatic rings. The van der Waals surface area contributed by atoms with Crippen molar-refractivity contribution in [2.75, 3.05) is 13.1 Å². The Labute approximate surface area is 123 Å². The van der Waals surface area contributed by atoms with Gasteiger partial charge in [-0.25, -0.2) is 0 Å². The van der Waals surface area contributed by atoms with E-state index in [0.717, 1.165) is 11.8 Å². The molecule has 0 radical (unpaired) electrons. The Morgan fingerprint density at radius 2 is 1.45 bits per heavy atom. The smallest absolute Gasteiger partial charge is 0.00204 e. The fourth-order valence-electron chi connectivity index (χ4n) is 4.77. The third kappa shape index (κ3) is 2.30. The van der Waals surface area contributed by atoms with Gasteiger partial charge in [0.05, 0.1) is 0 Å². The van der Waals surface area contributed by atoms with Gasteiger partial charge < -0.3 is 5.32 Å². The lowest BCUT2D eigenvalue weighted by Gasteiger charge is -2.39. The maximum atomic E-state index is 3.47. The van der Waals surface area contributed by atoms with Crippen LogP contribution in [0.3, 0.4) is 0 Å². The highest BCUT2D eigenvalue weighted by atomic mass is 15.0. The topological polar surface area (TPSA) is 12.0 Å². The molecule has 1 nitrogen and oxygen atoms in total. The predicted molar refractivity (Wildman–Crippen MR) is 84.2 cm³/mol. The summed E-state index contributed by atoms with van der Waals surface area (Å²) in [6.45, 7) is 2.54. The van der Waals surface area contributed by atoms with Crippen molar-refractivity contribution in [2.45, 2.75) is 63.2 Å². The zero-order chi connectivity index (χ0) is 13.4. The molecule has 3 fully saturated rings. The Morgan fingerprint density at radius 1 is 0.800 bits per heavy atom. The van der Waals surface area contributed by atoms with Crippen LogP contribution in [0.15, 0.2) is 24.3 Å². The molecule has 0 aromatic heterocycles. The summed E-state index contributed by atoms with van der Waals surface area (Å²) in [6, 6.07) is 9.77. The number of hydrogen-bond acceptors (Lipinski definition) is 1. The number of benzene rings is 1. The van der Waals surface area contributed by atoms with Gasteiger partial charge in [-0.1, -0.05) is 43.5 Å². The second-order valence-corrected chi connectivity index (χ2v) is 7.54. The summed E-state index contributed by atoms with van der Waals surface area (Å²) in [6.07, 6.45) is 11.4. The zero-order valence-corrected chi connectivity index (χ0v) is 12.5. The average molecular weight is 269 g/mol. The lowest BCUT2D eigenvalue weighted by atomic mass is 9.78. The summed E-state index contributed by atoms with van der Waals surface area (Å²) in [5, 5.41) is 3.47. The van der Waals surface area contributed by atoms with Crippen LogP contribution < -0.4 is 5.32 Å². The van der Waals surface area contributed by atoms with E-state index in [4.69, 9.17) is 0 Å². The Morgan fingerprint density at radius 3 is 2.00 bits per heavy atom. The zero-order valence-electron chi connectivity index (χ0n) is 12.5. The van der Waals surface area contributed by atoms with E-state index >= 15 is 0 Å². The third-order valence-corrected chi connectivity index (χ3v) is 6.19. The van der Waals surface area contributed by atoms with Crippen LogP contribution in [0.5, 0.6) is 0 Å². The van der Waals surface area contributed by atoms with E-state index < -0.39 is 0 Å². The quantitative estimate of drug-likeness (QED) is 0.828. The normalized spacial score (nSPS) is 29.5. The van der Waals surface area contributed by atoms with E-state index in [1.165, 1.54) is 64.5 Å². The molecule has 1 atom stereocenters. The summed E-state index contributed by atoms with van der Waals surface area (Å²) < 4.78 is 0. The summed E-state index contributed by atoms with van der Waals surface area (Å²) >= 11 is 0. The minimum absolute atomic E-state index is 0.673.